The molecule has 18 heavy (non-hydrogen) atoms. The van der Waals surface area contributed by atoms with Crippen LogP contribution in [0, 0.1) is 0 Å². The highest BCUT2D eigenvalue weighted by Gasteiger charge is 2.53. The van der Waals surface area contributed by atoms with E-state index in [9.17, 15) is 20.1 Å². The predicted molar refractivity (Wildman–Crippen MR) is 55.4 cm³/mol. The van der Waals surface area contributed by atoms with Crippen molar-refractivity contribution in [2.75, 3.05) is 19.8 Å². The van der Waals surface area contributed by atoms with Crippen LogP contribution in [0.3, 0.4) is 0 Å². The summed E-state index contributed by atoms with van der Waals surface area (Å²) in [5.74, 6) is -3.57. The molecule has 0 aliphatic carbocycles. The molecule has 0 bridgehead atoms. The summed E-state index contributed by atoms with van der Waals surface area (Å²) < 4.78 is 4.87. The molecule has 0 saturated carbocycles. The molecule has 0 aromatic rings. The second-order valence-corrected chi connectivity index (χ2v) is 4.07. The van der Waals surface area contributed by atoms with E-state index in [1.807, 2.05) is 0 Å². The lowest BCUT2D eigenvalue weighted by Gasteiger charge is -2.27. The fourth-order valence-corrected chi connectivity index (χ4v) is 1.66. The first-order valence-corrected chi connectivity index (χ1v) is 5.30. The van der Waals surface area contributed by atoms with Crippen LogP contribution in [0.25, 0.3) is 0 Å². The number of carbonyl (C=O) groups is 1. The van der Waals surface area contributed by atoms with Crippen molar-refractivity contribution in [1.29, 1.82) is 0 Å². The molecule has 0 unspecified atom stereocenters. The summed E-state index contributed by atoms with van der Waals surface area (Å²) in [5.41, 5.74) is 0. The van der Waals surface area contributed by atoms with Gasteiger partial charge in [-0.25, -0.2) is 0 Å². The molecule has 5 atom stereocenters. The Labute approximate surface area is 102 Å². The van der Waals surface area contributed by atoms with E-state index in [1.54, 1.807) is 0 Å². The standard InChI is InChI=1S/C9H17NO8/c11-1-4(8(15)16)10-3-9(17)7(14)6(13)5(2-12)18-9/h4-7,10-14,17H,1-3H2,(H,15,16)/t4-,5+,6+,7-,9+/m0/s1. The molecule has 0 amide bonds. The summed E-state index contributed by atoms with van der Waals surface area (Å²) in [6.07, 6.45) is -4.35. The third-order valence-corrected chi connectivity index (χ3v) is 2.78. The average molecular weight is 267 g/mol. The molecule has 1 heterocycles. The number of ether oxygens (including phenoxy) is 1. The number of carboxylic acids is 1. The second-order valence-electron chi connectivity index (χ2n) is 4.07. The third kappa shape index (κ3) is 2.95. The molecule has 0 aromatic heterocycles. The van der Waals surface area contributed by atoms with Gasteiger partial charge in [0, 0.05) is 0 Å². The Morgan fingerprint density at radius 1 is 1.39 bits per heavy atom. The van der Waals surface area contributed by atoms with E-state index in [4.69, 9.17) is 20.1 Å². The molecule has 1 rings (SSSR count). The van der Waals surface area contributed by atoms with E-state index < -0.39 is 55.9 Å². The van der Waals surface area contributed by atoms with Crippen molar-refractivity contribution in [1.82, 2.24) is 5.32 Å². The maximum absolute atomic E-state index is 10.6. The van der Waals surface area contributed by atoms with Crippen molar-refractivity contribution >= 4 is 5.97 Å². The fraction of sp³-hybridized carbons (Fsp3) is 0.889. The lowest BCUT2D eigenvalue weighted by atomic mass is 10.1. The largest absolute Gasteiger partial charge is 0.480 e. The van der Waals surface area contributed by atoms with E-state index in [-0.39, 0.29) is 0 Å². The number of rotatable bonds is 6. The summed E-state index contributed by atoms with van der Waals surface area (Å²) in [7, 11) is 0. The van der Waals surface area contributed by atoms with E-state index in [1.165, 1.54) is 0 Å². The highest BCUT2D eigenvalue weighted by molar-refractivity contribution is 5.73. The van der Waals surface area contributed by atoms with Gasteiger partial charge in [0.2, 0.25) is 5.79 Å². The quantitative estimate of drug-likeness (QED) is 0.253. The minimum atomic E-state index is -2.23. The maximum atomic E-state index is 10.6. The average Bonchev–Trinajstić information content (AvgIpc) is 2.54. The Hall–Kier alpha value is -0.810. The van der Waals surface area contributed by atoms with Gasteiger partial charge in [0.25, 0.3) is 0 Å². The van der Waals surface area contributed by atoms with Crippen molar-refractivity contribution < 1.29 is 40.2 Å². The van der Waals surface area contributed by atoms with Gasteiger partial charge >= 0.3 is 5.97 Å². The molecule has 1 saturated heterocycles. The van der Waals surface area contributed by atoms with E-state index in [0.29, 0.717) is 0 Å². The number of hydrogen-bond acceptors (Lipinski definition) is 8. The van der Waals surface area contributed by atoms with Crippen molar-refractivity contribution in [3.63, 3.8) is 0 Å². The van der Waals surface area contributed by atoms with Crippen LogP contribution in [-0.2, 0) is 9.53 Å². The molecular weight excluding hydrogens is 250 g/mol. The number of aliphatic hydroxyl groups excluding tert-OH is 4. The summed E-state index contributed by atoms with van der Waals surface area (Å²) >= 11 is 0. The normalized spacial score (nSPS) is 37.7. The van der Waals surface area contributed by atoms with Gasteiger partial charge in [-0.1, -0.05) is 0 Å². The first-order valence-electron chi connectivity index (χ1n) is 5.30. The SMILES string of the molecule is O=C(O)[C@H](CO)NC[C@@]1(O)O[C@H](CO)[C@@H](O)[C@@H]1O. The number of nitrogens with one attached hydrogen (secondary N) is 1. The van der Waals surface area contributed by atoms with Crippen LogP contribution in [0.2, 0.25) is 0 Å². The van der Waals surface area contributed by atoms with Gasteiger partial charge in [-0.3, -0.25) is 10.1 Å². The number of carboxylic acid groups (broad SMARTS) is 1. The topological polar surface area (TPSA) is 160 Å². The Morgan fingerprint density at radius 2 is 2.00 bits per heavy atom. The maximum Gasteiger partial charge on any atom is 0.323 e. The first kappa shape index (κ1) is 15.2. The van der Waals surface area contributed by atoms with Gasteiger partial charge in [-0.15, -0.1) is 0 Å². The smallest absolute Gasteiger partial charge is 0.323 e. The van der Waals surface area contributed by atoms with Gasteiger partial charge < -0.3 is 35.4 Å². The lowest BCUT2D eigenvalue weighted by molar-refractivity contribution is -0.227. The number of aliphatic hydroxyl groups is 5. The Kier molecular flexibility index (Phi) is 4.99. The Morgan fingerprint density at radius 3 is 2.39 bits per heavy atom. The summed E-state index contributed by atoms with van der Waals surface area (Å²) in [6, 6.07) is -1.34. The molecule has 7 N–H and O–H groups in total. The zero-order valence-electron chi connectivity index (χ0n) is 9.43. The highest BCUT2D eigenvalue weighted by atomic mass is 16.7. The van der Waals surface area contributed by atoms with Gasteiger partial charge in [0.15, 0.2) is 0 Å². The fourth-order valence-electron chi connectivity index (χ4n) is 1.66. The molecule has 0 aromatic carbocycles. The molecular formula is C9H17NO8. The van der Waals surface area contributed by atoms with E-state index >= 15 is 0 Å². The van der Waals surface area contributed by atoms with Crippen LogP contribution >= 0.6 is 0 Å². The lowest BCUT2D eigenvalue weighted by Crippen LogP contribution is -2.54. The van der Waals surface area contributed by atoms with E-state index in [0.717, 1.165) is 0 Å². The van der Waals surface area contributed by atoms with Crippen LogP contribution in [0.1, 0.15) is 0 Å². The first-order chi connectivity index (χ1) is 8.35. The minimum absolute atomic E-state index is 0.529. The van der Waals surface area contributed by atoms with E-state index in [2.05, 4.69) is 5.32 Å². The summed E-state index contributed by atoms with van der Waals surface area (Å²) in [5, 5.41) is 57.4. The molecule has 9 heteroatoms. The van der Waals surface area contributed by atoms with Crippen LogP contribution in [0.15, 0.2) is 0 Å². The van der Waals surface area contributed by atoms with Gasteiger partial charge in [0.1, 0.15) is 24.4 Å². The molecule has 106 valence electrons. The molecule has 9 nitrogen and oxygen atoms in total. The highest BCUT2D eigenvalue weighted by Crippen LogP contribution is 2.28. The van der Waals surface area contributed by atoms with Crippen LogP contribution in [-0.4, -0.2) is 86.5 Å². The van der Waals surface area contributed by atoms with Crippen molar-refractivity contribution in [3.8, 4) is 0 Å². The molecule has 1 fully saturated rings. The molecule has 0 radical (unpaired) electrons. The second kappa shape index (κ2) is 5.89. The van der Waals surface area contributed by atoms with Crippen LogP contribution in [0.4, 0.5) is 0 Å². The third-order valence-electron chi connectivity index (χ3n) is 2.78. The number of hydrogen-bond donors (Lipinski definition) is 7. The van der Waals surface area contributed by atoms with Gasteiger partial charge in [-0.2, -0.15) is 0 Å². The Balaban J connectivity index is 2.63. The monoisotopic (exact) mass is 267 g/mol. The number of aliphatic carboxylic acids is 1. The summed E-state index contributed by atoms with van der Waals surface area (Å²) in [4.78, 5) is 10.6. The van der Waals surface area contributed by atoms with Crippen molar-refractivity contribution in [2.24, 2.45) is 0 Å². The zero-order chi connectivity index (χ0) is 13.9. The zero-order valence-corrected chi connectivity index (χ0v) is 9.43. The van der Waals surface area contributed by atoms with Crippen molar-refractivity contribution in [3.05, 3.63) is 0 Å². The van der Waals surface area contributed by atoms with Crippen LogP contribution in [0.5, 0.6) is 0 Å². The molecule has 1 aliphatic rings. The van der Waals surface area contributed by atoms with Crippen molar-refractivity contribution in [2.45, 2.75) is 30.1 Å². The minimum Gasteiger partial charge on any atom is -0.480 e. The predicted octanol–water partition coefficient (Wildman–Crippen LogP) is -4.18. The van der Waals surface area contributed by atoms with Crippen LogP contribution < -0.4 is 5.32 Å². The molecule has 1 aliphatic heterocycles. The van der Waals surface area contributed by atoms with Gasteiger partial charge in [0.05, 0.1) is 19.8 Å². The Bertz CT molecular complexity index is 300. The molecule has 0 spiro atoms. The summed E-state index contributed by atoms with van der Waals surface area (Å²) in [6.45, 7) is -1.85. The van der Waals surface area contributed by atoms with Gasteiger partial charge in [-0.05, 0) is 0 Å².